The number of aryl methyl sites for hydroxylation is 2. The molecular formula is C18H34IN5. The Morgan fingerprint density at radius 2 is 2.12 bits per heavy atom. The molecule has 24 heavy (non-hydrogen) atoms. The Balaban J connectivity index is 0.00000529. The second-order valence-electron chi connectivity index (χ2n) is 5.91. The van der Waals surface area contributed by atoms with Gasteiger partial charge in [0.05, 0.1) is 0 Å². The number of aromatic nitrogens is 2. The van der Waals surface area contributed by atoms with Gasteiger partial charge in [-0.3, -0.25) is 4.99 Å². The van der Waals surface area contributed by atoms with Gasteiger partial charge in [0.25, 0.3) is 0 Å². The summed E-state index contributed by atoms with van der Waals surface area (Å²) in [4.78, 5) is 10.8. The highest BCUT2D eigenvalue weighted by atomic mass is 127. The highest BCUT2D eigenvalue weighted by Crippen LogP contribution is 2.02. The van der Waals surface area contributed by atoms with Crippen molar-refractivity contribution in [3.63, 3.8) is 0 Å². The van der Waals surface area contributed by atoms with Crippen LogP contribution in [0.2, 0.25) is 0 Å². The Bertz CT molecular complexity index is 470. The van der Waals surface area contributed by atoms with Crippen molar-refractivity contribution in [3.05, 3.63) is 30.9 Å². The minimum absolute atomic E-state index is 0. The lowest BCUT2D eigenvalue weighted by Crippen LogP contribution is -2.39. The molecule has 1 N–H and O–H groups in total. The molecule has 0 unspecified atom stereocenters. The van der Waals surface area contributed by atoms with E-state index < -0.39 is 0 Å². The number of unbranched alkanes of at least 4 members (excludes halogenated alkanes) is 4. The minimum atomic E-state index is 0. The predicted octanol–water partition coefficient (Wildman–Crippen LogP) is 3.84. The monoisotopic (exact) mass is 447 g/mol. The third-order valence-corrected chi connectivity index (χ3v) is 4.01. The van der Waals surface area contributed by atoms with Crippen LogP contribution in [-0.2, 0) is 6.54 Å². The molecule has 6 heteroatoms. The molecule has 0 bridgehead atoms. The molecule has 0 saturated carbocycles. The summed E-state index contributed by atoms with van der Waals surface area (Å²) in [5, 5.41) is 3.45. The van der Waals surface area contributed by atoms with Crippen LogP contribution in [0, 0.1) is 6.92 Å². The van der Waals surface area contributed by atoms with E-state index >= 15 is 0 Å². The van der Waals surface area contributed by atoms with E-state index in [2.05, 4.69) is 38.4 Å². The molecule has 1 aromatic heterocycles. The number of hydrogen-bond acceptors (Lipinski definition) is 2. The van der Waals surface area contributed by atoms with Crippen molar-refractivity contribution in [2.45, 2.75) is 52.0 Å². The fraction of sp³-hybridized carbons (Fsp3) is 0.667. The van der Waals surface area contributed by atoms with Gasteiger partial charge in [-0.05, 0) is 39.0 Å². The topological polar surface area (TPSA) is 45.5 Å². The Hall–Kier alpha value is -1.05. The normalized spacial score (nSPS) is 11.0. The number of aliphatic imine (C=N–C) groups is 1. The quantitative estimate of drug-likeness (QED) is 0.184. The van der Waals surface area contributed by atoms with Gasteiger partial charge in [0.15, 0.2) is 5.96 Å². The number of halogens is 1. The van der Waals surface area contributed by atoms with Crippen LogP contribution >= 0.6 is 24.0 Å². The van der Waals surface area contributed by atoms with Gasteiger partial charge in [-0.15, -0.1) is 30.6 Å². The zero-order valence-electron chi connectivity index (χ0n) is 15.5. The third-order valence-electron chi connectivity index (χ3n) is 4.01. The van der Waals surface area contributed by atoms with E-state index in [1.54, 1.807) is 0 Å². The molecule has 0 aliphatic rings. The van der Waals surface area contributed by atoms with Crippen LogP contribution in [0.5, 0.6) is 0 Å². The summed E-state index contributed by atoms with van der Waals surface area (Å²) in [6.07, 6.45) is 13.0. The van der Waals surface area contributed by atoms with Crippen LogP contribution in [0.3, 0.4) is 0 Å². The highest BCUT2D eigenvalue weighted by molar-refractivity contribution is 14.0. The number of nitrogens with zero attached hydrogens (tertiary/aromatic N) is 4. The summed E-state index contributed by atoms with van der Waals surface area (Å²) in [6.45, 7) is 8.85. The largest absolute Gasteiger partial charge is 0.356 e. The fourth-order valence-corrected chi connectivity index (χ4v) is 2.55. The average Bonchev–Trinajstić information content (AvgIpc) is 2.95. The van der Waals surface area contributed by atoms with Gasteiger partial charge in [-0.1, -0.05) is 12.5 Å². The Kier molecular flexibility index (Phi) is 13.7. The molecule has 1 rings (SSSR count). The fourth-order valence-electron chi connectivity index (χ4n) is 2.55. The number of guanidine groups is 1. The predicted molar refractivity (Wildman–Crippen MR) is 114 cm³/mol. The van der Waals surface area contributed by atoms with Gasteiger partial charge in [-0.25, -0.2) is 4.98 Å². The average molecular weight is 447 g/mol. The number of rotatable bonds is 11. The SMILES string of the molecule is C=CCCCCCN(C)C(=NC)NCCCCn1ccnc1C.I. The highest BCUT2D eigenvalue weighted by Gasteiger charge is 2.04. The summed E-state index contributed by atoms with van der Waals surface area (Å²) >= 11 is 0. The van der Waals surface area contributed by atoms with Gasteiger partial charge >= 0.3 is 0 Å². The molecule has 5 nitrogen and oxygen atoms in total. The number of hydrogen-bond donors (Lipinski definition) is 1. The number of allylic oxidation sites excluding steroid dienone is 1. The first-order chi connectivity index (χ1) is 11.2. The van der Waals surface area contributed by atoms with Crippen molar-refractivity contribution in [1.82, 2.24) is 19.8 Å². The molecule has 0 spiro atoms. The van der Waals surface area contributed by atoms with Crippen molar-refractivity contribution in [2.75, 3.05) is 27.2 Å². The van der Waals surface area contributed by atoms with Crippen molar-refractivity contribution in [1.29, 1.82) is 0 Å². The van der Waals surface area contributed by atoms with Gasteiger partial charge < -0.3 is 14.8 Å². The molecule has 0 aliphatic carbocycles. The molecule has 1 heterocycles. The summed E-state index contributed by atoms with van der Waals surface area (Å²) in [6, 6.07) is 0. The van der Waals surface area contributed by atoms with Crippen LogP contribution in [0.4, 0.5) is 0 Å². The summed E-state index contributed by atoms with van der Waals surface area (Å²) in [5.74, 6) is 2.08. The lowest BCUT2D eigenvalue weighted by molar-refractivity contribution is 0.453. The summed E-state index contributed by atoms with van der Waals surface area (Å²) in [7, 11) is 3.96. The van der Waals surface area contributed by atoms with Crippen LogP contribution in [0.25, 0.3) is 0 Å². The molecule has 1 aromatic rings. The van der Waals surface area contributed by atoms with Gasteiger partial charge in [-0.2, -0.15) is 0 Å². The third kappa shape index (κ3) is 9.30. The zero-order valence-corrected chi connectivity index (χ0v) is 17.8. The Morgan fingerprint density at radius 1 is 1.33 bits per heavy atom. The standard InChI is InChI=1S/C18H33N5.HI/c1-5-6-7-8-10-14-22(4)18(19-3)21-12-9-11-15-23-16-13-20-17(23)2;/h5,13,16H,1,6-12,14-15H2,2-4H3,(H,19,21);1H. The zero-order chi connectivity index (χ0) is 16.9. The second-order valence-corrected chi connectivity index (χ2v) is 5.91. The Labute approximate surface area is 164 Å². The van der Waals surface area contributed by atoms with E-state index in [1.165, 1.54) is 19.3 Å². The van der Waals surface area contributed by atoms with E-state index in [0.717, 1.165) is 50.7 Å². The van der Waals surface area contributed by atoms with Gasteiger partial charge in [0.2, 0.25) is 0 Å². The molecular weight excluding hydrogens is 413 g/mol. The molecule has 0 amide bonds. The molecule has 0 radical (unpaired) electrons. The molecule has 138 valence electrons. The molecule has 0 aromatic carbocycles. The van der Waals surface area contributed by atoms with Crippen LogP contribution in [0.15, 0.2) is 30.0 Å². The molecule has 0 aliphatic heterocycles. The first kappa shape index (κ1) is 22.9. The lowest BCUT2D eigenvalue weighted by Gasteiger charge is -2.22. The van der Waals surface area contributed by atoms with Crippen molar-refractivity contribution >= 4 is 29.9 Å². The number of imidazole rings is 1. The van der Waals surface area contributed by atoms with Crippen LogP contribution < -0.4 is 5.32 Å². The maximum atomic E-state index is 4.36. The lowest BCUT2D eigenvalue weighted by atomic mass is 10.2. The Morgan fingerprint density at radius 3 is 2.75 bits per heavy atom. The first-order valence-electron chi connectivity index (χ1n) is 8.69. The second kappa shape index (κ2) is 14.3. The first-order valence-corrected chi connectivity index (χ1v) is 8.69. The van der Waals surface area contributed by atoms with Gasteiger partial charge in [0.1, 0.15) is 5.82 Å². The van der Waals surface area contributed by atoms with Crippen molar-refractivity contribution < 1.29 is 0 Å². The maximum Gasteiger partial charge on any atom is 0.193 e. The smallest absolute Gasteiger partial charge is 0.193 e. The molecule has 0 saturated heterocycles. The van der Waals surface area contributed by atoms with Gasteiger partial charge in [0, 0.05) is 46.1 Å². The van der Waals surface area contributed by atoms with Crippen LogP contribution in [0.1, 0.15) is 44.3 Å². The number of nitrogens with one attached hydrogen (secondary N) is 1. The van der Waals surface area contributed by atoms with E-state index in [-0.39, 0.29) is 24.0 Å². The van der Waals surface area contributed by atoms with E-state index in [9.17, 15) is 0 Å². The van der Waals surface area contributed by atoms with Crippen LogP contribution in [-0.4, -0.2) is 47.6 Å². The molecule has 0 atom stereocenters. The van der Waals surface area contributed by atoms with E-state index in [4.69, 9.17) is 0 Å². The molecule has 0 fully saturated rings. The van der Waals surface area contributed by atoms with E-state index in [1.807, 2.05) is 32.4 Å². The van der Waals surface area contributed by atoms with Crippen molar-refractivity contribution in [2.24, 2.45) is 4.99 Å². The van der Waals surface area contributed by atoms with E-state index in [0.29, 0.717) is 0 Å². The summed E-state index contributed by atoms with van der Waals surface area (Å²) in [5.41, 5.74) is 0. The van der Waals surface area contributed by atoms with Crippen molar-refractivity contribution in [3.8, 4) is 0 Å². The maximum absolute atomic E-state index is 4.36. The summed E-state index contributed by atoms with van der Waals surface area (Å²) < 4.78 is 2.20. The minimum Gasteiger partial charge on any atom is -0.356 e.